The van der Waals surface area contributed by atoms with E-state index in [1.54, 1.807) is 7.05 Å². The Morgan fingerprint density at radius 3 is 2.56 bits per heavy atom. The molecule has 0 bridgehead atoms. The van der Waals surface area contributed by atoms with Gasteiger partial charge in [-0.15, -0.1) is 0 Å². The summed E-state index contributed by atoms with van der Waals surface area (Å²) in [5.41, 5.74) is 1.65. The average molecular weight is 346 g/mol. The molecule has 1 aliphatic carbocycles. The minimum absolute atomic E-state index is 0.0117. The number of likely N-dealkylation sites (N-methyl/N-ethyl adjacent to an activating group) is 1. The predicted octanol–water partition coefficient (Wildman–Crippen LogP) is 2.10. The van der Waals surface area contributed by atoms with E-state index < -0.39 is 6.04 Å². The topological polar surface area (TPSA) is 78.9 Å². The van der Waals surface area contributed by atoms with E-state index in [9.17, 15) is 14.7 Å². The summed E-state index contributed by atoms with van der Waals surface area (Å²) in [6.07, 6.45) is 5.06. The Labute approximate surface area is 148 Å². The molecule has 1 heterocycles. The lowest BCUT2D eigenvalue weighted by Gasteiger charge is -2.38. The quantitative estimate of drug-likeness (QED) is 0.875. The van der Waals surface area contributed by atoms with Gasteiger partial charge in [0.25, 0.3) is 0 Å². The Morgan fingerprint density at radius 1 is 1.24 bits per heavy atom. The normalized spacial score (nSPS) is 25.0. The number of benzene rings is 1. The van der Waals surface area contributed by atoms with Crippen molar-refractivity contribution in [1.82, 2.24) is 4.90 Å². The van der Waals surface area contributed by atoms with Gasteiger partial charge in [-0.25, -0.2) is 0 Å². The number of morpholine rings is 1. The van der Waals surface area contributed by atoms with Gasteiger partial charge in [-0.3, -0.25) is 9.59 Å². The summed E-state index contributed by atoms with van der Waals surface area (Å²) in [7, 11) is 1.68. The number of nitrogens with one attached hydrogen (secondary N) is 1. The molecule has 0 aromatic heterocycles. The lowest BCUT2D eigenvalue weighted by atomic mass is 9.88. The van der Waals surface area contributed by atoms with Crippen LogP contribution in [0.4, 0.5) is 5.69 Å². The van der Waals surface area contributed by atoms with Crippen molar-refractivity contribution in [3.05, 3.63) is 29.8 Å². The van der Waals surface area contributed by atoms with Gasteiger partial charge in [0.15, 0.2) is 0 Å². The molecule has 2 N–H and O–H groups in total. The molecule has 6 nitrogen and oxygen atoms in total. The first-order valence-electron chi connectivity index (χ1n) is 8.99. The van der Waals surface area contributed by atoms with Crippen LogP contribution in [0.25, 0.3) is 0 Å². The number of ether oxygens (including phenoxy) is 1. The highest BCUT2D eigenvalue weighted by atomic mass is 16.5. The molecule has 2 unspecified atom stereocenters. The summed E-state index contributed by atoms with van der Waals surface area (Å²) in [5.74, 6) is 0.0835. The van der Waals surface area contributed by atoms with Gasteiger partial charge in [-0.05, 0) is 30.5 Å². The van der Waals surface area contributed by atoms with Crippen LogP contribution in [0.3, 0.4) is 0 Å². The van der Waals surface area contributed by atoms with Crippen LogP contribution >= 0.6 is 0 Å². The molecule has 6 heteroatoms. The standard InChI is InChI=1S/C19H26N2O4/c1-21-16(11-22)18(25-12-17(21)23)13-7-9-15(10-8-13)20-19(24)14-5-3-2-4-6-14/h7-10,14,16,18,22H,2-6,11-12H2,1H3,(H,20,24). The summed E-state index contributed by atoms with van der Waals surface area (Å²) in [6.45, 7) is -0.148. The largest absolute Gasteiger partial charge is 0.394 e. The van der Waals surface area contributed by atoms with Crippen molar-refractivity contribution < 1.29 is 19.4 Å². The number of nitrogens with zero attached hydrogens (tertiary/aromatic N) is 1. The van der Waals surface area contributed by atoms with E-state index in [0.29, 0.717) is 0 Å². The van der Waals surface area contributed by atoms with Crippen LogP contribution in [0.1, 0.15) is 43.8 Å². The molecule has 2 aliphatic rings. The second-order valence-electron chi connectivity index (χ2n) is 6.93. The molecule has 1 aromatic rings. The molecule has 2 amide bonds. The van der Waals surface area contributed by atoms with Crippen molar-refractivity contribution in [2.75, 3.05) is 25.6 Å². The average Bonchev–Trinajstić information content (AvgIpc) is 2.65. The molecular formula is C19H26N2O4. The third-order valence-electron chi connectivity index (χ3n) is 5.30. The zero-order valence-corrected chi connectivity index (χ0v) is 14.6. The predicted molar refractivity (Wildman–Crippen MR) is 94.0 cm³/mol. The fourth-order valence-corrected chi connectivity index (χ4v) is 3.66. The van der Waals surface area contributed by atoms with E-state index in [2.05, 4.69) is 5.32 Å². The minimum Gasteiger partial charge on any atom is -0.394 e. The minimum atomic E-state index is -0.399. The number of aliphatic hydroxyl groups excluding tert-OH is 1. The van der Waals surface area contributed by atoms with Crippen LogP contribution in [-0.4, -0.2) is 48.1 Å². The van der Waals surface area contributed by atoms with Crippen LogP contribution < -0.4 is 5.32 Å². The van der Waals surface area contributed by atoms with Crippen molar-refractivity contribution >= 4 is 17.5 Å². The molecule has 3 rings (SSSR count). The van der Waals surface area contributed by atoms with Crippen molar-refractivity contribution in [2.45, 2.75) is 44.2 Å². The molecule has 1 saturated carbocycles. The van der Waals surface area contributed by atoms with Gasteiger partial charge in [0.1, 0.15) is 12.7 Å². The molecule has 0 spiro atoms. The van der Waals surface area contributed by atoms with Crippen LogP contribution in [0.15, 0.2) is 24.3 Å². The highest BCUT2D eigenvalue weighted by Gasteiger charge is 2.35. The maximum Gasteiger partial charge on any atom is 0.248 e. The Kier molecular flexibility index (Phi) is 5.71. The molecule has 25 heavy (non-hydrogen) atoms. The van der Waals surface area contributed by atoms with Gasteiger partial charge in [0, 0.05) is 18.7 Å². The van der Waals surface area contributed by atoms with Crippen LogP contribution in [0, 0.1) is 5.92 Å². The number of aliphatic hydroxyl groups is 1. The Hall–Kier alpha value is -1.92. The van der Waals surface area contributed by atoms with Gasteiger partial charge in [-0.2, -0.15) is 0 Å². The Bertz CT molecular complexity index is 610. The smallest absolute Gasteiger partial charge is 0.248 e. The Morgan fingerprint density at radius 2 is 1.92 bits per heavy atom. The van der Waals surface area contributed by atoms with Gasteiger partial charge >= 0.3 is 0 Å². The fourth-order valence-electron chi connectivity index (χ4n) is 3.66. The highest BCUT2D eigenvalue weighted by molar-refractivity contribution is 5.92. The van der Waals surface area contributed by atoms with E-state index in [-0.39, 0.29) is 37.0 Å². The lowest BCUT2D eigenvalue weighted by Crippen LogP contribution is -2.50. The first-order chi connectivity index (χ1) is 12.1. The van der Waals surface area contributed by atoms with Crippen molar-refractivity contribution in [3.63, 3.8) is 0 Å². The van der Waals surface area contributed by atoms with E-state index in [1.165, 1.54) is 11.3 Å². The SMILES string of the molecule is CN1C(=O)COC(c2ccc(NC(=O)C3CCCCC3)cc2)C1CO. The second-order valence-corrected chi connectivity index (χ2v) is 6.93. The van der Waals surface area contributed by atoms with Crippen LogP contribution in [0.5, 0.6) is 0 Å². The summed E-state index contributed by atoms with van der Waals surface area (Å²) in [4.78, 5) is 25.6. The third kappa shape index (κ3) is 4.02. The molecule has 136 valence electrons. The van der Waals surface area contributed by atoms with Gasteiger partial charge in [0.2, 0.25) is 11.8 Å². The zero-order valence-electron chi connectivity index (χ0n) is 14.6. The molecule has 2 fully saturated rings. The van der Waals surface area contributed by atoms with Crippen LogP contribution in [0.2, 0.25) is 0 Å². The first-order valence-corrected chi connectivity index (χ1v) is 8.99. The number of hydrogen-bond donors (Lipinski definition) is 2. The van der Waals surface area contributed by atoms with E-state index in [1.807, 2.05) is 24.3 Å². The monoisotopic (exact) mass is 346 g/mol. The molecular weight excluding hydrogens is 320 g/mol. The fraction of sp³-hybridized carbons (Fsp3) is 0.579. The summed E-state index contributed by atoms with van der Waals surface area (Å²) in [5, 5.41) is 12.6. The lowest BCUT2D eigenvalue weighted by molar-refractivity contribution is -0.157. The van der Waals surface area contributed by atoms with E-state index in [0.717, 1.165) is 36.9 Å². The van der Waals surface area contributed by atoms with Crippen molar-refractivity contribution in [2.24, 2.45) is 5.92 Å². The van der Waals surface area contributed by atoms with E-state index >= 15 is 0 Å². The number of carbonyl (C=O) groups excluding carboxylic acids is 2. The number of anilines is 1. The maximum absolute atomic E-state index is 12.3. The molecule has 0 radical (unpaired) electrons. The highest BCUT2D eigenvalue weighted by Crippen LogP contribution is 2.29. The number of amides is 2. The first kappa shape index (κ1) is 17.9. The second kappa shape index (κ2) is 7.97. The third-order valence-corrected chi connectivity index (χ3v) is 5.30. The summed E-state index contributed by atoms with van der Waals surface area (Å²) >= 11 is 0. The number of rotatable bonds is 4. The molecule has 1 aromatic carbocycles. The van der Waals surface area contributed by atoms with Gasteiger partial charge < -0.3 is 20.1 Å². The van der Waals surface area contributed by atoms with E-state index in [4.69, 9.17) is 4.74 Å². The molecule has 2 atom stereocenters. The zero-order chi connectivity index (χ0) is 17.8. The molecule has 1 aliphatic heterocycles. The summed E-state index contributed by atoms with van der Waals surface area (Å²) in [6, 6.07) is 7.07. The van der Waals surface area contributed by atoms with Gasteiger partial charge in [-0.1, -0.05) is 31.4 Å². The molecule has 1 saturated heterocycles. The van der Waals surface area contributed by atoms with Crippen molar-refractivity contribution in [1.29, 1.82) is 0 Å². The Balaban J connectivity index is 1.65. The van der Waals surface area contributed by atoms with Crippen molar-refractivity contribution in [3.8, 4) is 0 Å². The van der Waals surface area contributed by atoms with Gasteiger partial charge in [0.05, 0.1) is 12.6 Å². The van der Waals surface area contributed by atoms with Crippen LogP contribution in [-0.2, 0) is 14.3 Å². The number of hydrogen-bond acceptors (Lipinski definition) is 4. The summed E-state index contributed by atoms with van der Waals surface area (Å²) < 4.78 is 5.63. The number of carbonyl (C=O) groups is 2. The maximum atomic E-state index is 12.3.